The summed E-state index contributed by atoms with van der Waals surface area (Å²) < 4.78 is 5.05. The van der Waals surface area contributed by atoms with Crippen molar-refractivity contribution in [2.45, 2.75) is 32.6 Å². The first-order valence-electron chi connectivity index (χ1n) is 7.16. The molecule has 1 atom stereocenters. The number of carbonyl (C=O) groups is 2. The Hall–Kier alpha value is -1.36. The van der Waals surface area contributed by atoms with Crippen LogP contribution in [0, 0.1) is 5.92 Å². The maximum Gasteiger partial charge on any atom is 0.310 e. The minimum atomic E-state index is -0.164. The van der Waals surface area contributed by atoms with Crippen molar-refractivity contribution in [1.29, 1.82) is 0 Å². The molecule has 1 aromatic heterocycles. The lowest BCUT2D eigenvalue weighted by molar-refractivity contribution is -0.151. The summed E-state index contributed by atoms with van der Waals surface area (Å²) in [5.74, 6) is -0.165. The van der Waals surface area contributed by atoms with E-state index in [2.05, 4.69) is 11.4 Å². The van der Waals surface area contributed by atoms with Gasteiger partial charge in [-0.2, -0.15) is 11.3 Å². The van der Waals surface area contributed by atoms with Gasteiger partial charge in [-0.25, -0.2) is 0 Å². The van der Waals surface area contributed by atoms with Crippen LogP contribution < -0.4 is 0 Å². The maximum atomic E-state index is 12.2. The van der Waals surface area contributed by atoms with Crippen LogP contribution in [0.4, 0.5) is 0 Å². The Bertz CT molecular complexity index is 444. The molecule has 0 aliphatic carbocycles. The van der Waals surface area contributed by atoms with Gasteiger partial charge in [0.1, 0.15) is 0 Å². The van der Waals surface area contributed by atoms with Crippen LogP contribution in [0.5, 0.6) is 0 Å². The van der Waals surface area contributed by atoms with Gasteiger partial charge in [-0.1, -0.05) is 0 Å². The molecule has 1 fully saturated rings. The Kier molecular flexibility index (Phi) is 5.59. The first kappa shape index (κ1) is 15.0. The second kappa shape index (κ2) is 7.43. The van der Waals surface area contributed by atoms with E-state index in [0.29, 0.717) is 19.6 Å². The first-order chi connectivity index (χ1) is 9.70. The monoisotopic (exact) mass is 295 g/mol. The van der Waals surface area contributed by atoms with Crippen molar-refractivity contribution in [3.63, 3.8) is 0 Å². The third-order valence-electron chi connectivity index (χ3n) is 3.60. The predicted molar refractivity (Wildman–Crippen MR) is 78.6 cm³/mol. The van der Waals surface area contributed by atoms with Crippen LogP contribution >= 0.6 is 11.3 Å². The normalized spacial score (nSPS) is 18.9. The summed E-state index contributed by atoms with van der Waals surface area (Å²) in [5, 5.41) is 4.10. The van der Waals surface area contributed by atoms with Crippen molar-refractivity contribution in [3.05, 3.63) is 22.4 Å². The fourth-order valence-electron chi connectivity index (χ4n) is 2.50. The summed E-state index contributed by atoms with van der Waals surface area (Å²) in [7, 11) is 0. The number of aryl methyl sites for hydroxylation is 1. The number of likely N-dealkylation sites (tertiary alicyclic amines) is 1. The van der Waals surface area contributed by atoms with Crippen LogP contribution in [0.2, 0.25) is 0 Å². The number of ether oxygens (including phenoxy) is 1. The van der Waals surface area contributed by atoms with Gasteiger partial charge in [0.25, 0.3) is 0 Å². The lowest BCUT2D eigenvalue weighted by Gasteiger charge is -2.31. The van der Waals surface area contributed by atoms with Crippen LogP contribution in [0.15, 0.2) is 16.8 Å². The minimum Gasteiger partial charge on any atom is -0.466 e. The first-order valence-corrected chi connectivity index (χ1v) is 8.10. The minimum absolute atomic E-state index is 0.144. The van der Waals surface area contributed by atoms with E-state index in [1.807, 2.05) is 17.2 Å². The molecule has 0 unspecified atom stereocenters. The fraction of sp³-hybridized carbons (Fsp3) is 0.600. The van der Waals surface area contributed by atoms with E-state index >= 15 is 0 Å². The number of nitrogens with zero attached hydrogens (tertiary/aromatic N) is 1. The summed E-state index contributed by atoms with van der Waals surface area (Å²) in [5.41, 5.74) is 1.21. The molecule has 0 N–H and O–H groups in total. The van der Waals surface area contributed by atoms with Gasteiger partial charge in [0, 0.05) is 19.5 Å². The number of esters is 1. The molecule has 0 spiro atoms. The van der Waals surface area contributed by atoms with Crippen molar-refractivity contribution >= 4 is 23.2 Å². The Morgan fingerprint density at radius 1 is 1.50 bits per heavy atom. The van der Waals surface area contributed by atoms with Gasteiger partial charge < -0.3 is 9.64 Å². The van der Waals surface area contributed by atoms with Crippen molar-refractivity contribution in [1.82, 2.24) is 4.90 Å². The van der Waals surface area contributed by atoms with Gasteiger partial charge in [0.05, 0.1) is 12.5 Å². The zero-order chi connectivity index (χ0) is 14.4. The van der Waals surface area contributed by atoms with Crippen LogP contribution in [-0.2, 0) is 20.7 Å². The molecule has 1 amide bonds. The highest BCUT2D eigenvalue weighted by Crippen LogP contribution is 2.19. The molecule has 0 bridgehead atoms. The molecule has 0 saturated carbocycles. The molecule has 0 radical (unpaired) electrons. The molecule has 110 valence electrons. The Balaban J connectivity index is 1.81. The summed E-state index contributed by atoms with van der Waals surface area (Å²) in [4.78, 5) is 25.8. The van der Waals surface area contributed by atoms with E-state index in [1.165, 1.54) is 5.56 Å². The van der Waals surface area contributed by atoms with Crippen molar-refractivity contribution in [2.24, 2.45) is 5.92 Å². The van der Waals surface area contributed by atoms with Crippen LogP contribution in [0.1, 0.15) is 31.7 Å². The molecular formula is C15H21NO3S. The molecule has 2 rings (SSSR count). The zero-order valence-electron chi connectivity index (χ0n) is 11.8. The number of amides is 1. The molecule has 0 aromatic carbocycles. The van der Waals surface area contributed by atoms with Crippen LogP contribution in [-0.4, -0.2) is 36.5 Å². The average molecular weight is 295 g/mol. The maximum absolute atomic E-state index is 12.2. The molecule has 2 heterocycles. The van der Waals surface area contributed by atoms with Crippen molar-refractivity contribution < 1.29 is 14.3 Å². The smallest absolute Gasteiger partial charge is 0.310 e. The molecule has 1 aliphatic heterocycles. The highest BCUT2D eigenvalue weighted by molar-refractivity contribution is 7.07. The third-order valence-corrected chi connectivity index (χ3v) is 4.33. The number of carbonyl (C=O) groups excluding carboxylic acids is 2. The van der Waals surface area contributed by atoms with E-state index in [9.17, 15) is 9.59 Å². The number of rotatable bonds is 5. The van der Waals surface area contributed by atoms with Gasteiger partial charge in [-0.3, -0.25) is 9.59 Å². The second-order valence-electron chi connectivity index (χ2n) is 5.06. The lowest BCUT2D eigenvalue weighted by atomic mass is 9.97. The van der Waals surface area contributed by atoms with Crippen LogP contribution in [0.3, 0.4) is 0 Å². The lowest BCUT2D eigenvalue weighted by Crippen LogP contribution is -2.42. The molecular weight excluding hydrogens is 274 g/mol. The SMILES string of the molecule is CCOC(=O)[C@@H]1CCCN(C(=O)CCc2ccsc2)C1. The Morgan fingerprint density at radius 2 is 2.35 bits per heavy atom. The molecule has 20 heavy (non-hydrogen) atoms. The van der Waals surface area contributed by atoms with Gasteiger partial charge in [0.15, 0.2) is 0 Å². The average Bonchev–Trinajstić information content (AvgIpc) is 2.98. The number of hydrogen-bond acceptors (Lipinski definition) is 4. The topological polar surface area (TPSA) is 46.6 Å². The molecule has 1 saturated heterocycles. The number of thiophene rings is 1. The Labute approximate surface area is 123 Å². The van der Waals surface area contributed by atoms with Gasteiger partial charge in [0.2, 0.25) is 5.91 Å². The summed E-state index contributed by atoms with van der Waals surface area (Å²) >= 11 is 1.65. The van der Waals surface area contributed by atoms with E-state index in [0.717, 1.165) is 25.8 Å². The number of piperidine rings is 1. The third kappa shape index (κ3) is 4.07. The summed E-state index contributed by atoms with van der Waals surface area (Å²) in [6, 6.07) is 2.05. The molecule has 5 heteroatoms. The van der Waals surface area contributed by atoms with Crippen LogP contribution in [0.25, 0.3) is 0 Å². The molecule has 4 nitrogen and oxygen atoms in total. The fourth-order valence-corrected chi connectivity index (χ4v) is 3.20. The predicted octanol–water partition coefficient (Wildman–Crippen LogP) is 2.48. The van der Waals surface area contributed by atoms with E-state index < -0.39 is 0 Å². The molecule has 1 aliphatic rings. The van der Waals surface area contributed by atoms with E-state index in [-0.39, 0.29) is 17.8 Å². The summed E-state index contributed by atoms with van der Waals surface area (Å²) in [6.07, 6.45) is 3.01. The summed E-state index contributed by atoms with van der Waals surface area (Å²) in [6.45, 7) is 3.49. The largest absolute Gasteiger partial charge is 0.466 e. The van der Waals surface area contributed by atoms with E-state index in [1.54, 1.807) is 11.3 Å². The molecule has 1 aromatic rings. The second-order valence-corrected chi connectivity index (χ2v) is 5.84. The quantitative estimate of drug-likeness (QED) is 0.784. The van der Waals surface area contributed by atoms with E-state index in [4.69, 9.17) is 4.74 Å². The highest BCUT2D eigenvalue weighted by Gasteiger charge is 2.28. The van der Waals surface area contributed by atoms with Crippen molar-refractivity contribution in [2.75, 3.05) is 19.7 Å². The van der Waals surface area contributed by atoms with Gasteiger partial charge >= 0.3 is 5.97 Å². The van der Waals surface area contributed by atoms with Gasteiger partial charge in [-0.05, 0) is 48.6 Å². The number of hydrogen-bond donors (Lipinski definition) is 0. The Morgan fingerprint density at radius 3 is 3.05 bits per heavy atom. The zero-order valence-corrected chi connectivity index (χ0v) is 12.7. The van der Waals surface area contributed by atoms with Gasteiger partial charge in [-0.15, -0.1) is 0 Å². The van der Waals surface area contributed by atoms with Crippen molar-refractivity contribution in [3.8, 4) is 0 Å². The highest BCUT2D eigenvalue weighted by atomic mass is 32.1. The standard InChI is InChI=1S/C15H21NO3S/c1-2-19-15(18)13-4-3-8-16(10-13)14(17)6-5-12-7-9-20-11-12/h7,9,11,13H,2-6,8,10H2,1H3/t13-/m1/s1.